The standard InChI is InChI=1S/C14H17N3/c1-3-10(2)11-4-6-12(7-5-11)14-16-9-8-13(15)17-14/h4-10H,3H2,1-2H3,(H2,15,16,17). The van der Waals surface area contributed by atoms with Crippen LogP contribution in [0.15, 0.2) is 36.5 Å². The summed E-state index contributed by atoms with van der Waals surface area (Å²) in [7, 11) is 0. The van der Waals surface area contributed by atoms with Gasteiger partial charge in [-0.1, -0.05) is 38.1 Å². The Morgan fingerprint density at radius 2 is 1.88 bits per heavy atom. The predicted molar refractivity (Wildman–Crippen MR) is 70.6 cm³/mol. The zero-order valence-corrected chi connectivity index (χ0v) is 10.2. The van der Waals surface area contributed by atoms with Crippen LogP contribution in [0.1, 0.15) is 31.7 Å². The fraction of sp³-hybridized carbons (Fsp3) is 0.286. The van der Waals surface area contributed by atoms with E-state index in [1.807, 2.05) is 0 Å². The number of benzene rings is 1. The quantitative estimate of drug-likeness (QED) is 0.875. The maximum atomic E-state index is 5.64. The molecular weight excluding hydrogens is 210 g/mol. The number of rotatable bonds is 3. The van der Waals surface area contributed by atoms with Crippen molar-refractivity contribution in [2.24, 2.45) is 0 Å². The largest absolute Gasteiger partial charge is 0.384 e. The molecule has 2 N–H and O–H groups in total. The molecule has 0 saturated heterocycles. The zero-order chi connectivity index (χ0) is 12.3. The summed E-state index contributed by atoms with van der Waals surface area (Å²) >= 11 is 0. The summed E-state index contributed by atoms with van der Waals surface area (Å²) in [4.78, 5) is 8.42. The Morgan fingerprint density at radius 1 is 1.18 bits per heavy atom. The Labute approximate surface area is 102 Å². The van der Waals surface area contributed by atoms with Crippen molar-refractivity contribution >= 4 is 5.82 Å². The lowest BCUT2D eigenvalue weighted by Crippen LogP contribution is -1.95. The summed E-state index contributed by atoms with van der Waals surface area (Å²) in [5.41, 5.74) is 8.00. The maximum absolute atomic E-state index is 5.64. The second-order valence-corrected chi connectivity index (χ2v) is 4.24. The average Bonchev–Trinajstić information content (AvgIpc) is 2.38. The van der Waals surface area contributed by atoms with Gasteiger partial charge in [-0.15, -0.1) is 0 Å². The molecule has 0 bridgehead atoms. The monoisotopic (exact) mass is 227 g/mol. The first-order chi connectivity index (χ1) is 8.20. The molecule has 0 fully saturated rings. The highest BCUT2D eigenvalue weighted by atomic mass is 14.9. The molecule has 1 atom stereocenters. The Balaban J connectivity index is 2.29. The molecule has 0 spiro atoms. The summed E-state index contributed by atoms with van der Waals surface area (Å²) in [6.07, 6.45) is 2.83. The molecule has 1 heterocycles. The zero-order valence-electron chi connectivity index (χ0n) is 10.2. The minimum Gasteiger partial charge on any atom is -0.384 e. The Hall–Kier alpha value is -1.90. The predicted octanol–water partition coefficient (Wildman–Crippen LogP) is 3.24. The molecule has 2 aromatic rings. The lowest BCUT2D eigenvalue weighted by Gasteiger charge is -2.09. The van der Waals surface area contributed by atoms with E-state index in [9.17, 15) is 0 Å². The molecule has 0 amide bonds. The molecule has 0 aliphatic rings. The van der Waals surface area contributed by atoms with Crippen molar-refractivity contribution in [3.8, 4) is 11.4 Å². The van der Waals surface area contributed by atoms with E-state index in [-0.39, 0.29) is 0 Å². The lowest BCUT2D eigenvalue weighted by molar-refractivity contribution is 0.734. The first kappa shape index (κ1) is 11.6. The van der Waals surface area contributed by atoms with E-state index < -0.39 is 0 Å². The van der Waals surface area contributed by atoms with Crippen molar-refractivity contribution in [2.45, 2.75) is 26.2 Å². The number of nitrogens with zero attached hydrogens (tertiary/aromatic N) is 2. The Kier molecular flexibility index (Phi) is 3.38. The molecule has 0 radical (unpaired) electrons. The number of anilines is 1. The molecule has 3 nitrogen and oxygen atoms in total. The van der Waals surface area contributed by atoms with E-state index in [1.54, 1.807) is 12.3 Å². The fourth-order valence-electron chi connectivity index (χ4n) is 1.71. The van der Waals surface area contributed by atoms with Gasteiger partial charge >= 0.3 is 0 Å². The molecule has 1 unspecified atom stereocenters. The van der Waals surface area contributed by atoms with Crippen molar-refractivity contribution in [3.63, 3.8) is 0 Å². The van der Waals surface area contributed by atoms with Gasteiger partial charge in [0, 0.05) is 11.8 Å². The van der Waals surface area contributed by atoms with E-state index in [0.29, 0.717) is 17.6 Å². The van der Waals surface area contributed by atoms with Crippen LogP contribution in [0.25, 0.3) is 11.4 Å². The molecule has 17 heavy (non-hydrogen) atoms. The van der Waals surface area contributed by atoms with Crippen molar-refractivity contribution in [1.82, 2.24) is 9.97 Å². The molecule has 88 valence electrons. The van der Waals surface area contributed by atoms with E-state index in [4.69, 9.17) is 5.73 Å². The van der Waals surface area contributed by atoms with Crippen LogP contribution in [0.2, 0.25) is 0 Å². The number of hydrogen-bond acceptors (Lipinski definition) is 3. The van der Waals surface area contributed by atoms with E-state index in [0.717, 1.165) is 12.0 Å². The minimum absolute atomic E-state index is 0.501. The molecule has 0 saturated carbocycles. The number of hydrogen-bond donors (Lipinski definition) is 1. The molecule has 3 heteroatoms. The van der Waals surface area contributed by atoms with Gasteiger partial charge in [-0.2, -0.15) is 0 Å². The van der Waals surface area contributed by atoms with Crippen LogP contribution in [0.3, 0.4) is 0 Å². The molecule has 2 rings (SSSR count). The van der Waals surface area contributed by atoms with Gasteiger partial charge in [0.15, 0.2) is 5.82 Å². The number of nitrogens with two attached hydrogens (primary N) is 1. The van der Waals surface area contributed by atoms with Crippen LogP contribution < -0.4 is 5.73 Å². The van der Waals surface area contributed by atoms with Crippen LogP contribution in [0, 0.1) is 0 Å². The first-order valence-corrected chi connectivity index (χ1v) is 5.89. The summed E-state index contributed by atoms with van der Waals surface area (Å²) < 4.78 is 0. The highest BCUT2D eigenvalue weighted by Gasteiger charge is 2.05. The van der Waals surface area contributed by atoms with Gasteiger partial charge in [0.2, 0.25) is 0 Å². The van der Waals surface area contributed by atoms with Crippen LogP contribution in [0.4, 0.5) is 5.82 Å². The second kappa shape index (κ2) is 4.95. The normalized spacial score (nSPS) is 12.4. The number of aromatic nitrogens is 2. The van der Waals surface area contributed by atoms with Gasteiger partial charge in [0.05, 0.1) is 0 Å². The van der Waals surface area contributed by atoms with Crippen molar-refractivity contribution < 1.29 is 0 Å². The fourth-order valence-corrected chi connectivity index (χ4v) is 1.71. The highest BCUT2D eigenvalue weighted by molar-refractivity contribution is 5.56. The van der Waals surface area contributed by atoms with Crippen LogP contribution >= 0.6 is 0 Å². The summed E-state index contributed by atoms with van der Waals surface area (Å²) in [5, 5.41) is 0. The minimum atomic E-state index is 0.501. The third-order valence-electron chi connectivity index (χ3n) is 3.03. The first-order valence-electron chi connectivity index (χ1n) is 5.89. The maximum Gasteiger partial charge on any atom is 0.161 e. The van der Waals surface area contributed by atoms with Crippen LogP contribution in [-0.2, 0) is 0 Å². The molecule has 0 aliphatic carbocycles. The average molecular weight is 227 g/mol. The molecule has 0 aliphatic heterocycles. The SMILES string of the molecule is CCC(C)c1ccc(-c2nccc(N)n2)cc1. The number of nitrogen functional groups attached to an aromatic ring is 1. The van der Waals surface area contributed by atoms with Gasteiger partial charge in [0.1, 0.15) is 5.82 Å². The lowest BCUT2D eigenvalue weighted by atomic mass is 9.97. The van der Waals surface area contributed by atoms with Crippen LogP contribution in [-0.4, -0.2) is 9.97 Å². The van der Waals surface area contributed by atoms with Crippen molar-refractivity contribution in [1.29, 1.82) is 0 Å². The molecular formula is C14H17N3. The van der Waals surface area contributed by atoms with E-state index >= 15 is 0 Å². The summed E-state index contributed by atoms with van der Waals surface area (Å²) in [5.74, 6) is 1.77. The van der Waals surface area contributed by atoms with Crippen molar-refractivity contribution in [3.05, 3.63) is 42.1 Å². The topological polar surface area (TPSA) is 51.8 Å². The van der Waals surface area contributed by atoms with Gasteiger partial charge < -0.3 is 5.73 Å². The van der Waals surface area contributed by atoms with E-state index in [1.165, 1.54) is 5.56 Å². The van der Waals surface area contributed by atoms with E-state index in [2.05, 4.69) is 48.1 Å². The van der Waals surface area contributed by atoms with Gasteiger partial charge in [-0.3, -0.25) is 0 Å². The molecule has 1 aromatic carbocycles. The Bertz CT molecular complexity index is 491. The summed E-state index contributed by atoms with van der Waals surface area (Å²) in [6.45, 7) is 4.42. The molecule has 1 aromatic heterocycles. The van der Waals surface area contributed by atoms with Crippen molar-refractivity contribution in [2.75, 3.05) is 5.73 Å². The van der Waals surface area contributed by atoms with Gasteiger partial charge in [-0.05, 0) is 24.0 Å². The summed E-state index contributed by atoms with van der Waals surface area (Å²) in [6, 6.07) is 10.1. The highest BCUT2D eigenvalue weighted by Crippen LogP contribution is 2.22. The second-order valence-electron chi connectivity index (χ2n) is 4.24. The third kappa shape index (κ3) is 2.61. The van der Waals surface area contributed by atoms with Gasteiger partial charge in [-0.25, -0.2) is 9.97 Å². The smallest absolute Gasteiger partial charge is 0.161 e. The van der Waals surface area contributed by atoms with Gasteiger partial charge in [0.25, 0.3) is 0 Å². The Morgan fingerprint density at radius 3 is 2.47 bits per heavy atom. The third-order valence-corrected chi connectivity index (χ3v) is 3.03. The van der Waals surface area contributed by atoms with Crippen LogP contribution in [0.5, 0.6) is 0 Å².